The van der Waals surface area contributed by atoms with E-state index in [1.807, 2.05) is 6.07 Å². The summed E-state index contributed by atoms with van der Waals surface area (Å²) in [6, 6.07) is 8.92. The molecule has 42 heavy (non-hydrogen) atoms. The summed E-state index contributed by atoms with van der Waals surface area (Å²) in [6.07, 6.45) is -0.872. The SMILES string of the molecule is COCC(=O)Oc1c(OC)ccnc1C(=O)N[C@H]1COC(=O)[C@H](Cc2ccccc2)[C@@H](OC(=O)C(C)C)[C@H](C)OC1=O. The Hall–Kier alpha value is -4.52. The molecule has 1 N–H and O–H groups in total. The van der Waals surface area contributed by atoms with Crippen molar-refractivity contribution in [2.45, 2.75) is 45.4 Å². The Morgan fingerprint density at radius 1 is 1.07 bits per heavy atom. The molecular formula is C29H34N2O11. The normalized spacial score (nSPS) is 20.7. The number of nitrogens with one attached hydrogen (secondary N) is 1. The van der Waals surface area contributed by atoms with E-state index >= 15 is 0 Å². The minimum Gasteiger partial charge on any atom is -0.493 e. The highest BCUT2D eigenvalue weighted by Gasteiger charge is 2.42. The van der Waals surface area contributed by atoms with Crippen molar-refractivity contribution in [3.63, 3.8) is 0 Å². The smallest absolute Gasteiger partial charge is 0.337 e. The third-order valence-electron chi connectivity index (χ3n) is 6.25. The van der Waals surface area contributed by atoms with Gasteiger partial charge in [0.05, 0.1) is 13.0 Å². The molecule has 2 aromatic rings. The van der Waals surface area contributed by atoms with E-state index in [1.54, 1.807) is 38.1 Å². The van der Waals surface area contributed by atoms with E-state index in [0.29, 0.717) is 0 Å². The molecule has 1 aromatic carbocycles. The quantitative estimate of drug-likeness (QED) is 0.317. The van der Waals surface area contributed by atoms with Crippen molar-refractivity contribution in [3.8, 4) is 11.5 Å². The van der Waals surface area contributed by atoms with Crippen LogP contribution in [0.3, 0.4) is 0 Å². The zero-order chi connectivity index (χ0) is 30.8. The lowest BCUT2D eigenvalue weighted by molar-refractivity contribution is -0.176. The van der Waals surface area contributed by atoms with Crippen LogP contribution in [-0.4, -0.2) is 80.5 Å². The standard InChI is InChI=1S/C29H34N2O11/c1-16(2)27(34)42-24-17(3)40-29(36)20(14-39-28(35)19(24)13-18-9-7-6-8-10-18)31-26(33)23-25(41-22(32)15-37-4)21(38-5)11-12-30-23/h6-12,16-17,19-20,24H,13-15H2,1-5H3,(H,31,33)/t17-,19+,20-,24-/m0/s1. The molecule has 0 aliphatic carbocycles. The highest BCUT2D eigenvalue weighted by atomic mass is 16.6. The van der Waals surface area contributed by atoms with Crippen LogP contribution in [0.5, 0.6) is 11.5 Å². The van der Waals surface area contributed by atoms with Gasteiger partial charge in [-0.1, -0.05) is 44.2 Å². The molecule has 1 fully saturated rings. The van der Waals surface area contributed by atoms with Gasteiger partial charge in [0, 0.05) is 19.4 Å². The number of carbonyl (C=O) groups excluding carboxylic acids is 5. The predicted octanol–water partition coefficient (Wildman–Crippen LogP) is 1.66. The van der Waals surface area contributed by atoms with E-state index in [-0.39, 0.29) is 23.6 Å². The third-order valence-corrected chi connectivity index (χ3v) is 6.25. The predicted molar refractivity (Wildman–Crippen MR) is 144 cm³/mol. The number of cyclic esters (lactones) is 2. The molecule has 1 aromatic heterocycles. The van der Waals surface area contributed by atoms with Gasteiger partial charge in [0.1, 0.15) is 25.2 Å². The van der Waals surface area contributed by atoms with Crippen LogP contribution in [0.4, 0.5) is 0 Å². The van der Waals surface area contributed by atoms with E-state index in [2.05, 4.69) is 10.3 Å². The summed E-state index contributed by atoms with van der Waals surface area (Å²) in [5.41, 5.74) is 0.392. The zero-order valence-corrected chi connectivity index (χ0v) is 24.0. The van der Waals surface area contributed by atoms with Gasteiger partial charge in [0.25, 0.3) is 5.91 Å². The van der Waals surface area contributed by atoms with Crippen LogP contribution in [0.1, 0.15) is 36.8 Å². The van der Waals surface area contributed by atoms with Crippen LogP contribution in [0.15, 0.2) is 42.6 Å². The van der Waals surface area contributed by atoms with Crippen LogP contribution in [0.2, 0.25) is 0 Å². The Bertz CT molecular complexity index is 1280. The van der Waals surface area contributed by atoms with Gasteiger partial charge in [-0.15, -0.1) is 0 Å². The van der Waals surface area contributed by atoms with E-state index in [4.69, 9.17) is 28.4 Å². The van der Waals surface area contributed by atoms with Crippen LogP contribution < -0.4 is 14.8 Å². The number of amides is 1. The van der Waals surface area contributed by atoms with Gasteiger partial charge in [-0.05, 0) is 18.9 Å². The van der Waals surface area contributed by atoms with E-state index in [1.165, 1.54) is 33.4 Å². The zero-order valence-electron chi connectivity index (χ0n) is 24.0. The van der Waals surface area contributed by atoms with Gasteiger partial charge in [-0.25, -0.2) is 14.6 Å². The van der Waals surface area contributed by atoms with E-state index in [9.17, 15) is 24.0 Å². The molecule has 3 rings (SSSR count). The molecule has 13 nitrogen and oxygen atoms in total. The number of rotatable bonds is 10. The number of hydrogen-bond donors (Lipinski definition) is 1. The number of hydrogen-bond acceptors (Lipinski definition) is 12. The first-order valence-corrected chi connectivity index (χ1v) is 13.2. The molecule has 1 saturated heterocycles. The second-order valence-electron chi connectivity index (χ2n) is 9.75. The van der Waals surface area contributed by atoms with E-state index in [0.717, 1.165) is 5.56 Å². The molecule has 226 valence electrons. The number of pyridine rings is 1. The molecule has 0 bridgehead atoms. The Morgan fingerprint density at radius 2 is 1.79 bits per heavy atom. The lowest BCUT2D eigenvalue weighted by Gasteiger charge is -2.29. The summed E-state index contributed by atoms with van der Waals surface area (Å²) in [7, 11) is 2.59. The molecule has 0 radical (unpaired) electrons. The number of nitrogens with zero attached hydrogens (tertiary/aromatic N) is 1. The summed E-state index contributed by atoms with van der Waals surface area (Å²) in [5.74, 6) is -5.86. The summed E-state index contributed by atoms with van der Waals surface area (Å²) in [6.45, 7) is 3.77. The Kier molecular flexibility index (Phi) is 11.4. The largest absolute Gasteiger partial charge is 0.493 e. The van der Waals surface area contributed by atoms with Crippen molar-refractivity contribution in [1.82, 2.24) is 10.3 Å². The first kappa shape index (κ1) is 32.0. The minimum atomic E-state index is -1.48. The number of ether oxygens (including phenoxy) is 6. The second kappa shape index (κ2) is 14.9. The lowest BCUT2D eigenvalue weighted by Crippen LogP contribution is -2.47. The second-order valence-corrected chi connectivity index (χ2v) is 9.75. The molecule has 1 aliphatic rings. The molecule has 1 aliphatic heterocycles. The van der Waals surface area contributed by atoms with Gasteiger partial charge in [0.2, 0.25) is 5.75 Å². The molecule has 0 unspecified atom stereocenters. The summed E-state index contributed by atoms with van der Waals surface area (Å²) in [5, 5.41) is 2.42. The highest BCUT2D eigenvalue weighted by molar-refractivity contribution is 5.99. The molecule has 0 saturated carbocycles. The summed E-state index contributed by atoms with van der Waals surface area (Å²) in [4.78, 5) is 68.4. The van der Waals surface area contributed by atoms with Gasteiger partial charge in [-0.3, -0.25) is 14.4 Å². The molecule has 4 atom stereocenters. The van der Waals surface area contributed by atoms with Crippen LogP contribution >= 0.6 is 0 Å². The van der Waals surface area contributed by atoms with E-state index < -0.39 is 73.1 Å². The van der Waals surface area contributed by atoms with Crippen LogP contribution in [0, 0.1) is 11.8 Å². The topological polar surface area (TPSA) is 166 Å². The number of benzene rings is 1. The maximum Gasteiger partial charge on any atom is 0.337 e. The summed E-state index contributed by atoms with van der Waals surface area (Å²) < 4.78 is 31.9. The van der Waals surface area contributed by atoms with Gasteiger partial charge < -0.3 is 33.7 Å². The first-order chi connectivity index (χ1) is 20.0. The number of methoxy groups -OCH3 is 2. The average molecular weight is 587 g/mol. The van der Waals surface area contributed by atoms with Crippen molar-refractivity contribution in [1.29, 1.82) is 0 Å². The van der Waals surface area contributed by atoms with Gasteiger partial charge in [-0.2, -0.15) is 0 Å². The van der Waals surface area contributed by atoms with Gasteiger partial charge in [0.15, 0.2) is 23.6 Å². The van der Waals surface area contributed by atoms with Crippen molar-refractivity contribution in [3.05, 3.63) is 53.9 Å². The fourth-order valence-electron chi connectivity index (χ4n) is 4.09. The Morgan fingerprint density at radius 3 is 2.43 bits per heavy atom. The van der Waals surface area contributed by atoms with Crippen molar-refractivity contribution in [2.24, 2.45) is 11.8 Å². The Labute approximate surface area is 242 Å². The fourth-order valence-corrected chi connectivity index (χ4v) is 4.09. The average Bonchev–Trinajstić information content (AvgIpc) is 2.99. The lowest BCUT2D eigenvalue weighted by atomic mass is 9.91. The van der Waals surface area contributed by atoms with Crippen molar-refractivity contribution in [2.75, 3.05) is 27.4 Å². The Balaban J connectivity index is 1.89. The molecule has 1 amide bonds. The maximum absolute atomic E-state index is 13.4. The molecule has 13 heteroatoms. The minimum absolute atomic E-state index is 0.0234. The highest BCUT2D eigenvalue weighted by Crippen LogP contribution is 2.30. The van der Waals surface area contributed by atoms with Crippen LogP contribution in [-0.2, 0) is 44.5 Å². The third kappa shape index (κ3) is 8.26. The van der Waals surface area contributed by atoms with Crippen LogP contribution in [0.25, 0.3) is 0 Å². The fraction of sp³-hybridized carbons (Fsp3) is 0.448. The number of esters is 4. The monoisotopic (exact) mass is 586 g/mol. The molecular weight excluding hydrogens is 552 g/mol. The maximum atomic E-state index is 13.4. The summed E-state index contributed by atoms with van der Waals surface area (Å²) >= 11 is 0. The molecule has 0 spiro atoms. The number of aromatic nitrogens is 1. The van der Waals surface area contributed by atoms with Gasteiger partial charge >= 0.3 is 23.9 Å². The number of carbonyl (C=O) groups is 5. The molecule has 2 heterocycles. The van der Waals surface area contributed by atoms with Crippen molar-refractivity contribution < 1.29 is 52.4 Å². The van der Waals surface area contributed by atoms with Crippen molar-refractivity contribution >= 4 is 29.8 Å². The first-order valence-electron chi connectivity index (χ1n) is 13.2.